The van der Waals surface area contributed by atoms with Crippen LogP contribution < -0.4 is 9.47 Å². The lowest BCUT2D eigenvalue weighted by Crippen LogP contribution is -2.64. The molecule has 3 aromatic carbocycles. The minimum absolute atomic E-state index is 0.00550. The molecule has 1 N–H and O–H groups in total. The highest BCUT2D eigenvalue weighted by Crippen LogP contribution is 2.57. The molecule has 0 amide bonds. The van der Waals surface area contributed by atoms with E-state index in [4.69, 9.17) is 47.4 Å². The van der Waals surface area contributed by atoms with Crippen LogP contribution in [0.15, 0.2) is 77.9 Å². The monoisotopic (exact) mass is 856 g/mol. The van der Waals surface area contributed by atoms with Crippen LogP contribution in [0.4, 0.5) is 0 Å². The molecule has 62 heavy (non-hydrogen) atoms. The van der Waals surface area contributed by atoms with Gasteiger partial charge in [0.25, 0.3) is 0 Å². The fraction of sp³-hybridized carbons (Fsp3) is 0.422. The van der Waals surface area contributed by atoms with Gasteiger partial charge in [-0.05, 0) is 20.8 Å². The highest BCUT2D eigenvalue weighted by Gasteiger charge is 2.63. The summed E-state index contributed by atoms with van der Waals surface area (Å²) in [5.41, 5.74) is -1.18. The molecule has 1 unspecified atom stereocenters. The van der Waals surface area contributed by atoms with Crippen molar-refractivity contribution in [3.8, 4) is 17.2 Å². The Hall–Kier alpha value is -6.14. The number of ketones is 2. The summed E-state index contributed by atoms with van der Waals surface area (Å²) in [4.78, 5) is 80.0. The second-order valence-corrected chi connectivity index (χ2v) is 16.2. The van der Waals surface area contributed by atoms with Crippen molar-refractivity contribution in [2.24, 2.45) is 0 Å². The molecule has 17 nitrogen and oxygen atoms in total. The van der Waals surface area contributed by atoms with Crippen molar-refractivity contribution >= 4 is 35.4 Å². The lowest BCUT2D eigenvalue weighted by atomic mass is 9.69. The van der Waals surface area contributed by atoms with Gasteiger partial charge in [-0.2, -0.15) is 0 Å². The van der Waals surface area contributed by atoms with Crippen molar-refractivity contribution in [3.05, 3.63) is 100 Å². The van der Waals surface area contributed by atoms with E-state index in [2.05, 4.69) is 0 Å². The minimum atomic E-state index is -1.78. The van der Waals surface area contributed by atoms with Gasteiger partial charge in [0.1, 0.15) is 36.3 Å². The van der Waals surface area contributed by atoms with Gasteiger partial charge in [0.2, 0.25) is 0 Å². The summed E-state index contributed by atoms with van der Waals surface area (Å²) in [6.45, 7) is 8.75. The smallest absolute Gasteiger partial charge is 0.305 e. The Morgan fingerprint density at radius 3 is 1.90 bits per heavy atom. The standard InChI is InChI=1S/C45H44O17/c1-21(46)53-20-30-37(54-22(2)47)39(55-23(3)48)40(56-24(4)49)42(57-30)58-38-31-27(19-44(7)41(38)61-43(5,6)62-44)34(51)33-32(35(31)52)28(50)18-29-36(33)60-45(59-29,25-14-10-8-11-15-25)26-16-12-9-13-17-26/h8-18,30,37-42,50H,19-20H2,1-7H3/t30-,37-,38-,39+,40-,41+,42?,44-/m1/s1. The number of fused-ring (bicyclic) bond motifs is 4. The molecular weight excluding hydrogens is 812 g/mol. The van der Waals surface area contributed by atoms with Gasteiger partial charge in [0.05, 0.1) is 11.1 Å². The Kier molecular flexibility index (Phi) is 10.7. The van der Waals surface area contributed by atoms with E-state index in [9.17, 15) is 24.3 Å². The number of rotatable bonds is 9. The van der Waals surface area contributed by atoms with E-state index in [1.54, 1.807) is 69.3 Å². The Morgan fingerprint density at radius 1 is 0.742 bits per heavy atom. The molecule has 2 saturated heterocycles. The second-order valence-electron chi connectivity index (χ2n) is 16.2. The molecule has 3 aliphatic heterocycles. The first-order valence-corrected chi connectivity index (χ1v) is 19.9. The molecule has 2 fully saturated rings. The molecule has 8 rings (SSSR count). The molecule has 3 aromatic rings. The Balaban J connectivity index is 1.26. The van der Waals surface area contributed by atoms with Gasteiger partial charge in [0, 0.05) is 62.5 Å². The van der Waals surface area contributed by atoms with Crippen LogP contribution in [-0.4, -0.2) is 101 Å². The van der Waals surface area contributed by atoms with Crippen LogP contribution in [0, 0.1) is 0 Å². The predicted octanol–water partition coefficient (Wildman–Crippen LogP) is 4.52. The van der Waals surface area contributed by atoms with Crippen LogP contribution in [0.2, 0.25) is 0 Å². The normalized spacial score (nSPS) is 28.9. The number of aromatic hydroxyl groups is 1. The van der Waals surface area contributed by atoms with Crippen LogP contribution in [0.25, 0.3) is 0 Å². The largest absolute Gasteiger partial charge is 0.507 e. The number of esters is 4. The Labute approximate surface area is 355 Å². The molecule has 0 aromatic heterocycles. The molecule has 8 atom stereocenters. The van der Waals surface area contributed by atoms with E-state index in [-0.39, 0.29) is 34.6 Å². The zero-order chi connectivity index (χ0) is 44.5. The number of hydrogen-bond donors (Lipinski definition) is 1. The van der Waals surface area contributed by atoms with Crippen molar-refractivity contribution in [3.63, 3.8) is 0 Å². The second kappa shape index (κ2) is 15.6. The van der Waals surface area contributed by atoms with E-state index in [1.165, 1.54) is 6.07 Å². The quantitative estimate of drug-likeness (QED) is 0.231. The SMILES string of the molecule is CC(=O)OC[C@H]1OC(O[C@@H]2C3=C(C[C@@]4(C)OC(C)(C)O[C@@H]24)C(=O)c2c4c(cc(O)c2C3=O)OC(c2ccccc2)(c2ccccc2)O4)[C@H](OC(C)=O)[C@@H](OC(C)=O)[C@@H]1OC(C)=O. The maximum Gasteiger partial charge on any atom is 0.305 e. The topological polar surface area (TPSA) is 215 Å². The molecule has 0 radical (unpaired) electrons. The van der Waals surface area contributed by atoms with E-state index in [0.29, 0.717) is 11.1 Å². The molecule has 0 spiro atoms. The highest BCUT2D eigenvalue weighted by molar-refractivity contribution is 6.30. The summed E-state index contributed by atoms with van der Waals surface area (Å²) in [5, 5.41) is 11.7. The van der Waals surface area contributed by atoms with Crippen molar-refractivity contribution in [2.45, 2.75) is 115 Å². The summed E-state index contributed by atoms with van der Waals surface area (Å²) >= 11 is 0. The number of phenols is 1. The Morgan fingerprint density at radius 2 is 1.32 bits per heavy atom. The minimum Gasteiger partial charge on any atom is -0.507 e. The molecule has 2 aliphatic carbocycles. The highest BCUT2D eigenvalue weighted by atomic mass is 16.8. The first-order valence-electron chi connectivity index (χ1n) is 19.9. The first-order chi connectivity index (χ1) is 29.3. The summed E-state index contributed by atoms with van der Waals surface area (Å²) < 4.78 is 61.0. The van der Waals surface area contributed by atoms with Crippen LogP contribution in [0.5, 0.6) is 17.2 Å². The average molecular weight is 857 g/mol. The number of carbonyl (C=O) groups excluding carboxylic acids is 6. The summed E-state index contributed by atoms with van der Waals surface area (Å²) in [5.74, 6) is -8.46. The predicted molar refractivity (Wildman–Crippen MR) is 209 cm³/mol. The van der Waals surface area contributed by atoms with Gasteiger partial charge in [-0.15, -0.1) is 0 Å². The van der Waals surface area contributed by atoms with Crippen molar-refractivity contribution in [1.82, 2.24) is 0 Å². The average Bonchev–Trinajstić information content (AvgIpc) is 3.71. The Bertz CT molecular complexity index is 2350. The lowest BCUT2D eigenvalue weighted by molar-refractivity contribution is -0.320. The number of ether oxygens (including phenoxy) is 10. The van der Waals surface area contributed by atoms with Crippen LogP contribution in [0.3, 0.4) is 0 Å². The van der Waals surface area contributed by atoms with E-state index in [1.807, 2.05) is 12.1 Å². The lowest BCUT2D eigenvalue weighted by Gasteiger charge is -2.47. The van der Waals surface area contributed by atoms with Crippen molar-refractivity contribution in [2.75, 3.05) is 6.61 Å². The molecule has 3 heterocycles. The van der Waals surface area contributed by atoms with E-state index >= 15 is 9.59 Å². The van der Waals surface area contributed by atoms with Crippen LogP contribution >= 0.6 is 0 Å². The van der Waals surface area contributed by atoms with Crippen LogP contribution in [-0.2, 0) is 62.9 Å². The van der Waals surface area contributed by atoms with Gasteiger partial charge >= 0.3 is 29.7 Å². The molecule has 5 aliphatic rings. The molecule has 0 saturated carbocycles. The molecule has 326 valence electrons. The van der Waals surface area contributed by atoms with Gasteiger partial charge in [-0.25, -0.2) is 0 Å². The van der Waals surface area contributed by atoms with Crippen molar-refractivity contribution < 1.29 is 81.2 Å². The molecule has 17 heteroatoms. The van der Waals surface area contributed by atoms with E-state index < -0.39 is 113 Å². The number of benzene rings is 3. The zero-order valence-corrected chi connectivity index (χ0v) is 34.8. The maximum atomic E-state index is 15.2. The molecule has 0 bridgehead atoms. The number of phenolic OH excluding ortho intramolecular Hbond substituents is 1. The van der Waals surface area contributed by atoms with Gasteiger partial charge in [0.15, 0.2) is 53.5 Å². The van der Waals surface area contributed by atoms with E-state index in [0.717, 1.165) is 27.7 Å². The van der Waals surface area contributed by atoms with Gasteiger partial charge < -0.3 is 52.5 Å². The maximum absolute atomic E-state index is 15.2. The van der Waals surface area contributed by atoms with Crippen LogP contribution in [0.1, 0.15) is 86.7 Å². The fourth-order valence-corrected chi connectivity index (χ4v) is 8.99. The van der Waals surface area contributed by atoms with Gasteiger partial charge in [-0.3, -0.25) is 28.8 Å². The third kappa shape index (κ3) is 7.37. The van der Waals surface area contributed by atoms with Gasteiger partial charge in [-0.1, -0.05) is 60.7 Å². The third-order valence-corrected chi connectivity index (χ3v) is 11.1. The fourth-order valence-electron chi connectivity index (χ4n) is 8.99. The summed E-state index contributed by atoms with van der Waals surface area (Å²) in [6, 6.07) is 19.2. The summed E-state index contributed by atoms with van der Waals surface area (Å²) in [6.07, 6.45) is -10.9. The third-order valence-electron chi connectivity index (χ3n) is 11.1. The zero-order valence-electron chi connectivity index (χ0n) is 34.8. The first kappa shape index (κ1) is 42.5. The number of hydrogen-bond acceptors (Lipinski definition) is 17. The number of carbonyl (C=O) groups is 6. The number of Topliss-reactive ketones (excluding diaryl/α,β-unsaturated/α-hetero) is 2. The summed E-state index contributed by atoms with van der Waals surface area (Å²) in [7, 11) is 0. The van der Waals surface area contributed by atoms with Crippen molar-refractivity contribution in [1.29, 1.82) is 0 Å². The molecular formula is C45H44O17.